The normalized spacial score (nSPS) is 15.7. The highest BCUT2D eigenvalue weighted by Gasteiger charge is 2.27. The number of thiol groups is 2. The lowest BCUT2D eigenvalue weighted by atomic mass is 10.5. The molecule has 12 heavy (non-hydrogen) atoms. The van der Waals surface area contributed by atoms with E-state index in [1.165, 1.54) is 7.05 Å². The van der Waals surface area contributed by atoms with E-state index in [9.17, 15) is 9.59 Å². The Kier molecular flexibility index (Phi) is 4.43. The van der Waals surface area contributed by atoms with E-state index in [1.807, 2.05) is 0 Å². The van der Waals surface area contributed by atoms with Crippen molar-refractivity contribution in [3.05, 3.63) is 0 Å². The Hall–Kier alpha value is -0.400. The molecule has 0 aliphatic heterocycles. The van der Waals surface area contributed by atoms with Gasteiger partial charge in [0.25, 0.3) is 0 Å². The Morgan fingerprint density at radius 3 is 1.58 bits per heavy atom. The third-order valence-corrected chi connectivity index (χ3v) is 2.38. The van der Waals surface area contributed by atoms with Crippen molar-refractivity contribution in [1.82, 2.24) is 4.90 Å². The minimum atomic E-state index is -1.21. The second-order valence-corrected chi connectivity index (χ2v) is 3.07. The van der Waals surface area contributed by atoms with Gasteiger partial charge in [0.2, 0.25) is 0 Å². The third-order valence-electron chi connectivity index (χ3n) is 1.21. The van der Waals surface area contributed by atoms with Gasteiger partial charge in [0.15, 0.2) is 10.7 Å². The molecule has 0 saturated carbocycles. The van der Waals surface area contributed by atoms with Crippen LogP contribution in [0.25, 0.3) is 0 Å². The maximum absolute atomic E-state index is 10.3. The summed E-state index contributed by atoms with van der Waals surface area (Å²) >= 11 is 7.34. The van der Waals surface area contributed by atoms with Crippen LogP contribution < -0.4 is 0 Å². The summed E-state index contributed by atoms with van der Waals surface area (Å²) in [4.78, 5) is 21.7. The van der Waals surface area contributed by atoms with Crippen molar-refractivity contribution in [3.8, 4) is 0 Å². The van der Waals surface area contributed by atoms with Crippen molar-refractivity contribution in [2.75, 3.05) is 7.05 Å². The molecular weight excluding hydrogens is 202 g/mol. The Bertz CT molecular complexity index is 178. The van der Waals surface area contributed by atoms with Crippen molar-refractivity contribution in [3.63, 3.8) is 0 Å². The number of carboxylic acid groups (broad SMARTS) is 2. The van der Waals surface area contributed by atoms with Gasteiger partial charge in [-0.3, -0.25) is 4.90 Å². The van der Waals surface area contributed by atoms with E-state index in [0.717, 1.165) is 4.90 Å². The maximum Gasteiger partial charge on any atom is 0.331 e. The molecule has 2 atom stereocenters. The molecule has 0 aromatic rings. The molecule has 0 aliphatic carbocycles. The fourth-order valence-electron chi connectivity index (χ4n) is 0.482. The molecule has 0 saturated heterocycles. The first-order valence-corrected chi connectivity index (χ1v) is 3.95. The highest BCUT2D eigenvalue weighted by atomic mass is 32.1. The monoisotopic (exact) mass is 211 g/mol. The Balaban J connectivity index is 4.28. The highest BCUT2D eigenvalue weighted by Crippen LogP contribution is 2.09. The van der Waals surface area contributed by atoms with Crippen LogP contribution in [-0.2, 0) is 9.59 Å². The summed E-state index contributed by atoms with van der Waals surface area (Å²) in [6.07, 6.45) is 0. The van der Waals surface area contributed by atoms with Crippen molar-refractivity contribution in [2.45, 2.75) is 10.7 Å². The minimum Gasteiger partial charge on any atom is -0.479 e. The number of carbonyl (C=O) groups is 2. The molecule has 0 aliphatic rings. The van der Waals surface area contributed by atoms with E-state index >= 15 is 0 Å². The standard InChI is InChI=1S/C5H9NO4S2/c1-6(2(11)4(7)8)3(12)5(9)10/h2-3,11-12H,1H3,(H,7,8)(H,9,10)/t2-,3-/m0/s1. The summed E-state index contributed by atoms with van der Waals surface area (Å²) in [6.45, 7) is 0. The molecule has 7 heteroatoms. The van der Waals surface area contributed by atoms with Crippen LogP contribution in [-0.4, -0.2) is 44.8 Å². The number of likely N-dealkylation sites (N-methyl/N-ethyl adjacent to an activating group) is 1. The van der Waals surface area contributed by atoms with Crippen molar-refractivity contribution < 1.29 is 19.8 Å². The molecule has 0 aromatic carbocycles. The fourth-order valence-corrected chi connectivity index (χ4v) is 0.854. The first-order valence-electron chi connectivity index (χ1n) is 2.91. The number of hydrogen-bond donors (Lipinski definition) is 4. The average molecular weight is 211 g/mol. The van der Waals surface area contributed by atoms with Crippen molar-refractivity contribution in [1.29, 1.82) is 0 Å². The van der Waals surface area contributed by atoms with Crippen molar-refractivity contribution in [2.24, 2.45) is 0 Å². The van der Waals surface area contributed by atoms with Gasteiger partial charge in [0.05, 0.1) is 0 Å². The predicted octanol–water partition coefficient (Wildman–Crippen LogP) is -0.401. The number of rotatable bonds is 4. The van der Waals surface area contributed by atoms with Gasteiger partial charge < -0.3 is 10.2 Å². The highest BCUT2D eigenvalue weighted by molar-refractivity contribution is 7.82. The zero-order valence-corrected chi connectivity index (χ0v) is 8.00. The van der Waals surface area contributed by atoms with Gasteiger partial charge >= 0.3 is 11.9 Å². The average Bonchev–Trinajstić information content (AvgIpc) is 2.00. The molecule has 0 aromatic heterocycles. The van der Waals surface area contributed by atoms with E-state index in [-0.39, 0.29) is 0 Å². The van der Waals surface area contributed by atoms with Gasteiger partial charge in [-0.15, -0.1) is 25.3 Å². The SMILES string of the molecule is CN([C@@H](S)C(=O)O)[C@@H](S)C(=O)O. The first kappa shape index (κ1) is 11.6. The second-order valence-electron chi connectivity index (χ2n) is 2.09. The predicted molar refractivity (Wildman–Crippen MR) is 48.6 cm³/mol. The molecule has 0 spiro atoms. The third kappa shape index (κ3) is 2.92. The minimum absolute atomic E-state index is 1.01. The van der Waals surface area contributed by atoms with Gasteiger partial charge in [-0.25, -0.2) is 9.59 Å². The molecule has 0 rings (SSSR count). The first-order chi connectivity index (χ1) is 5.37. The van der Waals surface area contributed by atoms with Crippen LogP contribution in [0.1, 0.15) is 0 Å². The Labute approximate surface area is 80.2 Å². The molecule has 5 nitrogen and oxygen atoms in total. The lowest BCUT2D eigenvalue weighted by Gasteiger charge is -2.23. The number of carboxylic acids is 2. The van der Waals surface area contributed by atoms with Gasteiger partial charge in [-0.1, -0.05) is 0 Å². The summed E-state index contributed by atoms with van der Waals surface area (Å²) in [5, 5.41) is 14.5. The molecule has 70 valence electrons. The fraction of sp³-hybridized carbons (Fsp3) is 0.600. The van der Waals surface area contributed by atoms with Crippen LogP contribution in [0.3, 0.4) is 0 Å². The van der Waals surface area contributed by atoms with E-state index in [1.54, 1.807) is 0 Å². The summed E-state index contributed by atoms with van der Waals surface area (Å²) in [7, 11) is 1.32. The molecule has 0 radical (unpaired) electrons. The lowest BCUT2D eigenvalue weighted by Crippen LogP contribution is -2.42. The van der Waals surface area contributed by atoms with Crippen LogP contribution in [0.15, 0.2) is 0 Å². The van der Waals surface area contributed by atoms with Crippen LogP contribution in [0, 0.1) is 0 Å². The molecule has 0 bridgehead atoms. The Morgan fingerprint density at radius 2 is 1.42 bits per heavy atom. The summed E-state index contributed by atoms with van der Waals surface area (Å²) in [6, 6.07) is 0. The summed E-state index contributed by atoms with van der Waals surface area (Å²) in [5.74, 6) is -2.41. The molecular formula is C5H9NO4S2. The van der Waals surface area contributed by atoms with E-state index in [4.69, 9.17) is 10.2 Å². The van der Waals surface area contributed by atoms with Gasteiger partial charge in [-0.2, -0.15) is 0 Å². The zero-order chi connectivity index (χ0) is 9.89. The molecule has 2 N–H and O–H groups in total. The number of nitrogens with zero attached hydrogens (tertiary/aromatic N) is 1. The molecule has 0 heterocycles. The largest absolute Gasteiger partial charge is 0.479 e. The maximum atomic E-state index is 10.3. The smallest absolute Gasteiger partial charge is 0.331 e. The summed E-state index contributed by atoms with van der Waals surface area (Å²) < 4.78 is 0. The summed E-state index contributed by atoms with van der Waals surface area (Å²) in [5.41, 5.74) is 0. The van der Waals surface area contributed by atoms with Crippen LogP contribution in [0.2, 0.25) is 0 Å². The number of hydrogen-bond acceptors (Lipinski definition) is 5. The van der Waals surface area contributed by atoms with Crippen LogP contribution >= 0.6 is 25.3 Å². The topological polar surface area (TPSA) is 77.8 Å². The second kappa shape index (κ2) is 4.58. The van der Waals surface area contributed by atoms with Gasteiger partial charge in [0.1, 0.15) is 0 Å². The number of aliphatic carboxylic acids is 2. The Morgan fingerprint density at radius 1 is 1.17 bits per heavy atom. The van der Waals surface area contributed by atoms with Gasteiger partial charge in [-0.05, 0) is 7.05 Å². The van der Waals surface area contributed by atoms with Crippen LogP contribution in [0.5, 0.6) is 0 Å². The zero-order valence-electron chi connectivity index (χ0n) is 6.21. The van der Waals surface area contributed by atoms with Crippen LogP contribution in [0.4, 0.5) is 0 Å². The molecule has 0 fully saturated rings. The van der Waals surface area contributed by atoms with E-state index in [0.29, 0.717) is 0 Å². The molecule has 0 amide bonds. The molecule has 0 unspecified atom stereocenters. The van der Waals surface area contributed by atoms with Gasteiger partial charge in [0, 0.05) is 0 Å². The lowest BCUT2D eigenvalue weighted by molar-refractivity contribution is -0.143. The quantitative estimate of drug-likeness (QED) is 0.376. The van der Waals surface area contributed by atoms with E-state index in [2.05, 4.69) is 25.3 Å². The van der Waals surface area contributed by atoms with Crippen molar-refractivity contribution >= 4 is 37.2 Å². The van der Waals surface area contributed by atoms with E-state index < -0.39 is 22.7 Å².